The predicted octanol–water partition coefficient (Wildman–Crippen LogP) is 2.69. The minimum absolute atomic E-state index is 0.0149. The van der Waals surface area contributed by atoms with Crippen molar-refractivity contribution >= 4 is 39.1 Å². The van der Waals surface area contributed by atoms with Crippen LogP contribution >= 0.6 is 11.6 Å². The van der Waals surface area contributed by atoms with Crippen molar-refractivity contribution in [3.05, 3.63) is 45.0 Å². The molecular formula is C16H19ClN2O5S. The van der Waals surface area contributed by atoms with Crippen LogP contribution in [0.3, 0.4) is 0 Å². The van der Waals surface area contributed by atoms with E-state index in [0.29, 0.717) is 24.9 Å². The monoisotopic (exact) mass is 386 g/mol. The highest BCUT2D eigenvalue weighted by atomic mass is 35.5. The number of sulfone groups is 1. The SMILES string of the molecule is CCCN(C(=O)C=Cc1ccc(Cl)c([N+](=O)[O-])c1)C1CCS(=O)(=O)C1. The second kappa shape index (κ2) is 7.97. The molecule has 0 bridgehead atoms. The van der Waals surface area contributed by atoms with Crippen LogP contribution in [0.25, 0.3) is 6.08 Å². The maximum absolute atomic E-state index is 12.5. The molecule has 1 aliphatic heterocycles. The Morgan fingerprint density at radius 3 is 2.76 bits per heavy atom. The molecule has 2 rings (SSSR count). The van der Waals surface area contributed by atoms with Gasteiger partial charge in [-0.2, -0.15) is 0 Å². The molecule has 0 saturated carbocycles. The first-order chi connectivity index (χ1) is 11.7. The van der Waals surface area contributed by atoms with Crippen molar-refractivity contribution in [2.24, 2.45) is 0 Å². The van der Waals surface area contributed by atoms with E-state index in [2.05, 4.69) is 0 Å². The summed E-state index contributed by atoms with van der Waals surface area (Å²) < 4.78 is 23.3. The van der Waals surface area contributed by atoms with Crippen molar-refractivity contribution in [2.75, 3.05) is 18.1 Å². The average Bonchev–Trinajstić information content (AvgIpc) is 2.90. The molecule has 7 nitrogen and oxygen atoms in total. The van der Waals surface area contributed by atoms with Gasteiger partial charge in [0, 0.05) is 24.7 Å². The first kappa shape index (κ1) is 19.4. The minimum atomic E-state index is -3.09. The van der Waals surface area contributed by atoms with Gasteiger partial charge in [0.2, 0.25) is 5.91 Å². The molecule has 1 atom stereocenters. The van der Waals surface area contributed by atoms with Crippen molar-refractivity contribution < 1.29 is 18.1 Å². The highest BCUT2D eigenvalue weighted by Crippen LogP contribution is 2.25. The largest absolute Gasteiger partial charge is 0.335 e. The molecule has 1 fully saturated rings. The molecule has 1 aromatic rings. The molecule has 25 heavy (non-hydrogen) atoms. The zero-order valence-corrected chi connectivity index (χ0v) is 15.3. The van der Waals surface area contributed by atoms with Gasteiger partial charge in [-0.3, -0.25) is 14.9 Å². The van der Waals surface area contributed by atoms with Crippen LogP contribution in [0, 0.1) is 10.1 Å². The lowest BCUT2D eigenvalue weighted by molar-refractivity contribution is -0.384. The molecule has 0 aliphatic carbocycles. The minimum Gasteiger partial charge on any atom is -0.335 e. The Morgan fingerprint density at radius 1 is 1.48 bits per heavy atom. The number of halogens is 1. The quantitative estimate of drug-likeness (QED) is 0.425. The Kier molecular flexibility index (Phi) is 6.18. The molecule has 1 aliphatic rings. The van der Waals surface area contributed by atoms with Crippen molar-refractivity contribution in [1.82, 2.24) is 4.90 Å². The van der Waals surface area contributed by atoms with Gasteiger partial charge in [-0.05, 0) is 30.5 Å². The van der Waals surface area contributed by atoms with Crippen molar-refractivity contribution in [3.8, 4) is 0 Å². The second-order valence-corrected chi connectivity index (χ2v) is 8.53. The molecule has 9 heteroatoms. The number of carbonyl (C=O) groups excluding carboxylic acids is 1. The Hall–Kier alpha value is -1.93. The lowest BCUT2D eigenvalue weighted by atomic mass is 10.1. The molecule has 1 unspecified atom stereocenters. The van der Waals surface area contributed by atoms with Gasteiger partial charge < -0.3 is 4.90 Å². The standard InChI is InChI=1S/C16H19ClN2O5S/c1-2-8-18(13-7-9-25(23,24)11-13)16(20)6-4-12-3-5-14(17)15(10-12)19(21)22/h3-6,10,13H,2,7-9,11H2,1H3. The van der Waals surface area contributed by atoms with Crippen LogP contribution in [0.4, 0.5) is 5.69 Å². The first-order valence-corrected chi connectivity index (χ1v) is 10.1. The molecule has 136 valence electrons. The summed E-state index contributed by atoms with van der Waals surface area (Å²) in [7, 11) is -3.09. The van der Waals surface area contributed by atoms with E-state index < -0.39 is 14.8 Å². The van der Waals surface area contributed by atoms with Crippen LogP contribution in [-0.2, 0) is 14.6 Å². The summed E-state index contributed by atoms with van der Waals surface area (Å²) in [5.41, 5.74) is 0.239. The summed E-state index contributed by atoms with van der Waals surface area (Å²) in [6.45, 7) is 2.38. The number of nitrogens with zero attached hydrogens (tertiary/aromatic N) is 2. The number of benzene rings is 1. The summed E-state index contributed by atoms with van der Waals surface area (Å²) in [5.74, 6) is -0.224. The lowest BCUT2D eigenvalue weighted by Crippen LogP contribution is -2.40. The van der Waals surface area contributed by atoms with Gasteiger partial charge in [0.05, 0.1) is 16.4 Å². The van der Waals surface area contributed by atoms with E-state index in [0.717, 1.165) is 0 Å². The molecule has 0 spiro atoms. The summed E-state index contributed by atoms with van der Waals surface area (Å²) in [6, 6.07) is 3.94. The third-order valence-electron chi connectivity index (χ3n) is 3.98. The summed E-state index contributed by atoms with van der Waals surface area (Å²) >= 11 is 5.76. The molecule has 1 heterocycles. The first-order valence-electron chi connectivity index (χ1n) is 7.86. The maximum Gasteiger partial charge on any atom is 0.288 e. The zero-order valence-electron chi connectivity index (χ0n) is 13.7. The van der Waals surface area contributed by atoms with Crippen LogP contribution < -0.4 is 0 Å². The van der Waals surface area contributed by atoms with Gasteiger partial charge in [0.1, 0.15) is 5.02 Å². The molecule has 0 radical (unpaired) electrons. The van der Waals surface area contributed by atoms with Crippen LogP contribution in [0.1, 0.15) is 25.3 Å². The predicted molar refractivity (Wildman–Crippen MR) is 96.2 cm³/mol. The van der Waals surface area contributed by atoms with Crippen LogP contribution in [0.5, 0.6) is 0 Å². The Bertz CT molecular complexity index is 807. The van der Waals surface area contributed by atoms with E-state index in [4.69, 9.17) is 11.6 Å². The van der Waals surface area contributed by atoms with Crippen LogP contribution in [0.2, 0.25) is 5.02 Å². The van der Waals surface area contributed by atoms with E-state index in [-0.39, 0.29) is 34.2 Å². The molecule has 0 N–H and O–H groups in total. The number of amides is 1. The van der Waals surface area contributed by atoms with Crippen LogP contribution in [0.15, 0.2) is 24.3 Å². The normalized spacial score (nSPS) is 19.2. The van der Waals surface area contributed by atoms with Crippen LogP contribution in [-0.4, -0.2) is 48.2 Å². The fourth-order valence-electron chi connectivity index (χ4n) is 2.77. The molecule has 1 amide bonds. The molecular weight excluding hydrogens is 368 g/mol. The third-order valence-corrected chi connectivity index (χ3v) is 6.05. The lowest BCUT2D eigenvalue weighted by Gasteiger charge is -2.26. The van der Waals surface area contributed by atoms with Gasteiger partial charge >= 0.3 is 0 Å². The smallest absolute Gasteiger partial charge is 0.288 e. The topological polar surface area (TPSA) is 97.6 Å². The Morgan fingerprint density at radius 2 is 2.20 bits per heavy atom. The van der Waals surface area contributed by atoms with E-state index in [9.17, 15) is 23.3 Å². The number of hydrogen-bond donors (Lipinski definition) is 0. The maximum atomic E-state index is 12.5. The van der Waals surface area contributed by atoms with Gasteiger partial charge in [-0.15, -0.1) is 0 Å². The highest BCUT2D eigenvalue weighted by molar-refractivity contribution is 7.91. The van der Waals surface area contributed by atoms with Gasteiger partial charge in [0.15, 0.2) is 9.84 Å². The fraction of sp³-hybridized carbons (Fsp3) is 0.438. The number of carbonyl (C=O) groups is 1. The van der Waals surface area contributed by atoms with Gasteiger partial charge in [0.25, 0.3) is 5.69 Å². The Balaban J connectivity index is 2.16. The number of nitro benzene ring substituents is 1. The number of nitro groups is 1. The molecule has 1 aromatic carbocycles. The second-order valence-electron chi connectivity index (χ2n) is 5.89. The third kappa shape index (κ3) is 5.02. The van der Waals surface area contributed by atoms with Gasteiger partial charge in [-0.25, -0.2) is 8.42 Å². The summed E-state index contributed by atoms with van der Waals surface area (Å²) in [5, 5.41) is 10.9. The van der Waals surface area contributed by atoms with Gasteiger partial charge in [-0.1, -0.05) is 24.6 Å². The van der Waals surface area contributed by atoms with E-state index in [1.165, 1.54) is 24.3 Å². The zero-order chi connectivity index (χ0) is 18.6. The van der Waals surface area contributed by atoms with E-state index in [1.54, 1.807) is 11.0 Å². The van der Waals surface area contributed by atoms with Crippen molar-refractivity contribution in [1.29, 1.82) is 0 Å². The average molecular weight is 387 g/mol. The summed E-state index contributed by atoms with van der Waals surface area (Å²) in [6.07, 6.45) is 3.93. The van der Waals surface area contributed by atoms with Crippen molar-refractivity contribution in [2.45, 2.75) is 25.8 Å². The molecule has 0 aromatic heterocycles. The summed E-state index contributed by atoms with van der Waals surface area (Å²) in [4.78, 5) is 24.4. The van der Waals surface area contributed by atoms with Crippen molar-refractivity contribution in [3.63, 3.8) is 0 Å². The molecule has 1 saturated heterocycles. The number of rotatable bonds is 6. The van der Waals surface area contributed by atoms with E-state index in [1.807, 2.05) is 6.92 Å². The Labute approximate surface area is 151 Å². The van der Waals surface area contributed by atoms with E-state index >= 15 is 0 Å². The number of hydrogen-bond acceptors (Lipinski definition) is 5. The fourth-order valence-corrected chi connectivity index (χ4v) is 4.69. The highest BCUT2D eigenvalue weighted by Gasteiger charge is 2.33.